The van der Waals surface area contributed by atoms with Crippen LogP contribution in [0, 0.1) is 29.1 Å². The Morgan fingerprint density at radius 1 is 1.00 bits per heavy atom. The molecule has 0 fully saturated rings. The van der Waals surface area contributed by atoms with Crippen molar-refractivity contribution < 1.29 is 35.9 Å². The normalized spacial score (nSPS) is 10.9. The fourth-order valence-corrected chi connectivity index (χ4v) is 2.88. The van der Waals surface area contributed by atoms with Crippen molar-refractivity contribution in [2.45, 2.75) is 13.2 Å². The summed E-state index contributed by atoms with van der Waals surface area (Å²) >= 11 is 0. The molecule has 0 radical (unpaired) electrons. The number of furan rings is 1. The topological polar surface area (TPSA) is 69.3 Å². The molecule has 0 aliphatic carbocycles. The maximum Gasteiger partial charge on any atom is 0.291 e. The van der Waals surface area contributed by atoms with Gasteiger partial charge in [0.05, 0.1) is 18.4 Å². The fraction of sp³-hybridized carbons (Fsp3) is 0.0909. The van der Waals surface area contributed by atoms with Crippen molar-refractivity contribution in [2.75, 3.05) is 5.32 Å². The van der Waals surface area contributed by atoms with Crippen molar-refractivity contribution in [2.24, 2.45) is 0 Å². The Bertz CT molecular complexity index is 1280. The molecule has 1 N–H and O–H groups in total. The van der Waals surface area contributed by atoms with Crippen molar-refractivity contribution in [1.82, 2.24) is 9.78 Å². The molecule has 0 spiro atoms. The predicted octanol–water partition coefficient (Wildman–Crippen LogP) is 5.05. The Morgan fingerprint density at radius 3 is 2.39 bits per heavy atom. The number of aromatic nitrogens is 2. The summed E-state index contributed by atoms with van der Waals surface area (Å²) in [6, 6.07) is 8.53. The average molecular weight is 463 g/mol. The van der Waals surface area contributed by atoms with E-state index >= 15 is 0 Å². The minimum Gasteiger partial charge on any atom is -0.479 e. The van der Waals surface area contributed by atoms with E-state index in [1.807, 2.05) is 0 Å². The van der Waals surface area contributed by atoms with E-state index in [0.717, 1.165) is 5.56 Å². The third-order valence-corrected chi connectivity index (χ3v) is 4.46. The lowest BCUT2D eigenvalue weighted by atomic mass is 10.2. The Morgan fingerprint density at radius 2 is 1.70 bits per heavy atom. The maximum absolute atomic E-state index is 13.7. The molecule has 2 aromatic heterocycles. The molecule has 6 nitrogen and oxygen atoms in total. The van der Waals surface area contributed by atoms with E-state index in [1.165, 1.54) is 35.1 Å². The first kappa shape index (κ1) is 22.1. The van der Waals surface area contributed by atoms with Gasteiger partial charge in [-0.25, -0.2) is 13.2 Å². The second-order valence-corrected chi connectivity index (χ2v) is 6.86. The van der Waals surface area contributed by atoms with E-state index in [4.69, 9.17) is 9.15 Å². The number of amides is 1. The molecule has 0 atom stereocenters. The predicted molar refractivity (Wildman–Crippen MR) is 105 cm³/mol. The van der Waals surface area contributed by atoms with Crippen LogP contribution in [0.5, 0.6) is 5.75 Å². The van der Waals surface area contributed by atoms with Crippen LogP contribution in [0.2, 0.25) is 0 Å². The summed E-state index contributed by atoms with van der Waals surface area (Å²) in [5.41, 5.74) is 1.16. The van der Waals surface area contributed by atoms with Crippen LogP contribution in [0.1, 0.15) is 21.9 Å². The smallest absolute Gasteiger partial charge is 0.291 e. The summed E-state index contributed by atoms with van der Waals surface area (Å²) in [6.45, 7) is -0.230. The molecule has 2 heterocycles. The van der Waals surface area contributed by atoms with E-state index in [-0.39, 0.29) is 23.4 Å². The van der Waals surface area contributed by atoms with Gasteiger partial charge in [0.2, 0.25) is 11.6 Å². The van der Waals surface area contributed by atoms with Crippen LogP contribution in [-0.4, -0.2) is 15.7 Å². The molecular formula is C22H14F5N3O3. The van der Waals surface area contributed by atoms with Crippen molar-refractivity contribution in [1.29, 1.82) is 0 Å². The Labute approximate surface area is 183 Å². The molecule has 0 aliphatic rings. The van der Waals surface area contributed by atoms with Gasteiger partial charge in [0.15, 0.2) is 23.1 Å². The van der Waals surface area contributed by atoms with Gasteiger partial charge in [0.25, 0.3) is 5.91 Å². The second-order valence-electron chi connectivity index (χ2n) is 6.86. The number of carbonyl (C=O) groups excluding carboxylic acids is 1. The third kappa shape index (κ3) is 5.03. The van der Waals surface area contributed by atoms with Gasteiger partial charge in [-0.15, -0.1) is 0 Å². The monoisotopic (exact) mass is 463 g/mol. The minimum absolute atomic E-state index is 0.0179. The average Bonchev–Trinajstić information content (AvgIpc) is 3.44. The number of rotatable bonds is 7. The number of carbonyl (C=O) groups is 1. The van der Waals surface area contributed by atoms with Crippen LogP contribution in [-0.2, 0) is 13.2 Å². The van der Waals surface area contributed by atoms with Gasteiger partial charge in [-0.1, -0.05) is 12.1 Å². The first-order valence-corrected chi connectivity index (χ1v) is 9.43. The highest BCUT2D eigenvalue weighted by Gasteiger charge is 2.21. The molecule has 0 aliphatic heterocycles. The van der Waals surface area contributed by atoms with Crippen molar-refractivity contribution in [3.63, 3.8) is 0 Å². The summed E-state index contributed by atoms with van der Waals surface area (Å²) in [6.07, 6.45) is 2.96. The molecule has 0 saturated heterocycles. The molecule has 11 heteroatoms. The van der Waals surface area contributed by atoms with Crippen LogP contribution in [0.4, 0.5) is 27.6 Å². The number of benzene rings is 2. The highest BCUT2D eigenvalue weighted by molar-refractivity contribution is 6.02. The number of nitrogens with one attached hydrogen (secondary N) is 1. The first-order valence-electron chi connectivity index (χ1n) is 9.43. The van der Waals surface area contributed by atoms with Crippen LogP contribution >= 0.6 is 0 Å². The summed E-state index contributed by atoms with van der Waals surface area (Å²) in [5, 5.41) is 6.66. The van der Waals surface area contributed by atoms with Crippen LogP contribution < -0.4 is 10.1 Å². The largest absolute Gasteiger partial charge is 0.479 e. The van der Waals surface area contributed by atoms with Crippen molar-refractivity contribution >= 4 is 11.6 Å². The molecule has 0 bridgehead atoms. The lowest BCUT2D eigenvalue weighted by Gasteiger charge is -2.08. The number of halogens is 5. The summed E-state index contributed by atoms with van der Waals surface area (Å²) in [4.78, 5) is 12.4. The van der Waals surface area contributed by atoms with Crippen LogP contribution in [0.3, 0.4) is 0 Å². The summed E-state index contributed by atoms with van der Waals surface area (Å²) in [7, 11) is 0. The molecule has 0 saturated carbocycles. The zero-order valence-electron chi connectivity index (χ0n) is 16.6. The van der Waals surface area contributed by atoms with E-state index in [0.29, 0.717) is 12.2 Å². The molecule has 0 unspecified atom stereocenters. The van der Waals surface area contributed by atoms with Gasteiger partial charge in [-0.05, 0) is 29.8 Å². The highest BCUT2D eigenvalue weighted by atomic mass is 19.2. The number of ether oxygens (including phenoxy) is 1. The van der Waals surface area contributed by atoms with E-state index in [2.05, 4.69) is 10.4 Å². The Hall–Kier alpha value is -4.15. The number of hydrogen-bond donors (Lipinski definition) is 1. The zero-order valence-corrected chi connectivity index (χ0v) is 16.6. The van der Waals surface area contributed by atoms with Crippen LogP contribution in [0.15, 0.2) is 59.3 Å². The van der Waals surface area contributed by atoms with Gasteiger partial charge in [-0.2, -0.15) is 13.9 Å². The fourth-order valence-electron chi connectivity index (χ4n) is 2.88. The first-order chi connectivity index (χ1) is 15.8. The molecule has 4 rings (SSSR count). The zero-order chi connectivity index (χ0) is 23.5. The molecule has 170 valence electrons. The van der Waals surface area contributed by atoms with Crippen molar-refractivity contribution in [3.8, 4) is 5.75 Å². The SMILES string of the molecule is O=C(Nc1cnn(Cc2ccc(F)cc2)c1)c1ccc(COc2c(F)c(F)cc(F)c2F)o1. The van der Waals surface area contributed by atoms with Gasteiger partial charge in [0, 0.05) is 12.3 Å². The highest BCUT2D eigenvalue weighted by Crippen LogP contribution is 2.27. The Kier molecular flexibility index (Phi) is 6.11. The molecule has 1 amide bonds. The summed E-state index contributed by atoms with van der Waals surface area (Å²) in [5.74, 6) is -8.98. The van der Waals surface area contributed by atoms with E-state index in [1.54, 1.807) is 18.3 Å². The Balaban J connectivity index is 1.37. The van der Waals surface area contributed by atoms with Crippen LogP contribution in [0.25, 0.3) is 0 Å². The molecule has 4 aromatic rings. The number of nitrogens with zero attached hydrogens (tertiary/aromatic N) is 2. The minimum atomic E-state index is -1.68. The lowest BCUT2D eigenvalue weighted by molar-refractivity contribution is 0.0992. The van der Waals surface area contributed by atoms with Crippen molar-refractivity contribution in [3.05, 3.63) is 101 Å². The third-order valence-electron chi connectivity index (χ3n) is 4.46. The molecular weight excluding hydrogens is 449 g/mol. The second kappa shape index (κ2) is 9.15. The van der Waals surface area contributed by atoms with Gasteiger partial charge in [0.1, 0.15) is 18.2 Å². The maximum atomic E-state index is 13.7. The van der Waals surface area contributed by atoms with Gasteiger partial charge >= 0.3 is 0 Å². The van der Waals surface area contributed by atoms with Gasteiger partial charge in [-0.3, -0.25) is 9.48 Å². The summed E-state index contributed by atoms with van der Waals surface area (Å²) < 4.78 is 78.4. The number of anilines is 1. The van der Waals surface area contributed by atoms with Gasteiger partial charge < -0.3 is 14.5 Å². The molecule has 33 heavy (non-hydrogen) atoms. The standard InChI is InChI=1S/C22H14F5N3O3/c23-13-3-1-12(2-4-13)9-30-10-14(8-28-30)29-22(31)18-6-5-15(33-18)11-32-21-19(26)16(24)7-17(25)20(21)27/h1-8,10H,9,11H2,(H,29,31). The lowest BCUT2D eigenvalue weighted by Crippen LogP contribution is -2.10. The van der Waals surface area contributed by atoms with E-state index < -0.39 is 41.5 Å². The van der Waals surface area contributed by atoms with E-state index in [9.17, 15) is 26.7 Å². The quantitative estimate of drug-likeness (QED) is 0.308. The number of hydrogen-bond acceptors (Lipinski definition) is 4. The molecule has 2 aromatic carbocycles.